The van der Waals surface area contributed by atoms with Gasteiger partial charge in [-0.1, -0.05) is 11.6 Å². The molecular formula is C14H17ClN2O3. The van der Waals surface area contributed by atoms with Gasteiger partial charge in [0, 0.05) is 25.5 Å². The van der Waals surface area contributed by atoms with Gasteiger partial charge in [-0.15, -0.1) is 0 Å². The van der Waals surface area contributed by atoms with Gasteiger partial charge in [-0.2, -0.15) is 0 Å². The highest BCUT2D eigenvalue weighted by molar-refractivity contribution is 6.33. The molecule has 1 fully saturated rings. The second kappa shape index (κ2) is 6.70. The van der Waals surface area contributed by atoms with Crippen LogP contribution in [0.1, 0.15) is 30.1 Å². The van der Waals surface area contributed by atoms with Crippen LogP contribution in [0.15, 0.2) is 18.5 Å². The molecule has 0 N–H and O–H groups in total. The number of hydrogen-bond acceptors (Lipinski definition) is 4. The summed E-state index contributed by atoms with van der Waals surface area (Å²) < 4.78 is 5.01. The van der Waals surface area contributed by atoms with E-state index in [9.17, 15) is 9.59 Å². The predicted octanol–water partition coefficient (Wildman–Crippen LogP) is 2.15. The molecule has 20 heavy (non-hydrogen) atoms. The molecule has 5 nitrogen and oxygen atoms in total. The third-order valence-corrected chi connectivity index (χ3v) is 3.73. The Kier molecular flexibility index (Phi) is 4.95. The summed E-state index contributed by atoms with van der Waals surface area (Å²) in [6, 6.07) is 1.60. The lowest BCUT2D eigenvalue weighted by atomic mass is 9.96. The Balaban J connectivity index is 1.96. The Morgan fingerprint density at radius 2 is 2.15 bits per heavy atom. The van der Waals surface area contributed by atoms with Gasteiger partial charge in [0.15, 0.2) is 0 Å². The van der Waals surface area contributed by atoms with Crippen LogP contribution in [0.5, 0.6) is 0 Å². The molecule has 0 aliphatic carbocycles. The van der Waals surface area contributed by atoms with Crippen LogP contribution in [-0.2, 0) is 9.53 Å². The number of carbonyl (C=O) groups excluding carboxylic acids is 2. The van der Waals surface area contributed by atoms with Gasteiger partial charge in [-0.3, -0.25) is 14.6 Å². The van der Waals surface area contributed by atoms with Crippen LogP contribution in [0, 0.1) is 5.92 Å². The molecule has 0 bridgehead atoms. The molecule has 6 heteroatoms. The third-order valence-electron chi connectivity index (χ3n) is 3.40. The zero-order valence-electron chi connectivity index (χ0n) is 11.3. The Labute approximate surface area is 122 Å². The smallest absolute Gasteiger partial charge is 0.309 e. The van der Waals surface area contributed by atoms with Gasteiger partial charge < -0.3 is 9.64 Å². The van der Waals surface area contributed by atoms with Crippen molar-refractivity contribution in [2.24, 2.45) is 5.92 Å². The molecule has 1 aromatic heterocycles. The van der Waals surface area contributed by atoms with E-state index in [1.807, 2.05) is 0 Å². The number of aromatic nitrogens is 1. The SMILES string of the molecule is CCOC(=O)C1CCN(C(=O)c2cnccc2Cl)CC1. The zero-order valence-corrected chi connectivity index (χ0v) is 12.1. The summed E-state index contributed by atoms with van der Waals surface area (Å²) in [5.41, 5.74) is 0.406. The first-order chi connectivity index (χ1) is 9.63. The fourth-order valence-corrected chi connectivity index (χ4v) is 2.47. The number of esters is 1. The lowest BCUT2D eigenvalue weighted by Crippen LogP contribution is -2.40. The number of hydrogen-bond donors (Lipinski definition) is 0. The van der Waals surface area contributed by atoms with Crippen molar-refractivity contribution in [2.45, 2.75) is 19.8 Å². The first-order valence-electron chi connectivity index (χ1n) is 6.69. The topological polar surface area (TPSA) is 59.5 Å². The summed E-state index contributed by atoms with van der Waals surface area (Å²) in [4.78, 5) is 29.6. The summed E-state index contributed by atoms with van der Waals surface area (Å²) >= 11 is 6.00. The van der Waals surface area contributed by atoms with Crippen molar-refractivity contribution in [3.63, 3.8) is 0 Å². The number of piperidine rings is 1. The van der Waals surface area contributed by atoms with Crippen LogP contribution in [0.4, 0.5) is 0 Å². The minimum atomic E-state index is -0.168. The van der Waals surface area contributed by atoms with Crippen LogP contribution >= 0.6 is 11.6 Å². The van der Waals surface area contributed by atoms with E-state index < -0.39 is 0 Å². The second-order valence-corrected chi connectivity index (χ2v) is 5.08. The molecule has 1 amide bonds. The molecule has 2 heterocycles. The number of pyridine rings is 1. The number of nitrogens with zero attached hydrogens (tertiary/aromatic N) is 2. The molecule has 1 aliphatic heterocycles. The van der Waals surface area contributed by atoms with E-state index in [2.05, 4.69) is 4.98 Å². The fourth-order valence-electron chi connectivity index (χ4n) is 2.28. The lowest BCUT2D eigenvalue weighted by Gasteiger charge is -2.31. The Hall–Kier alpha value is -1.62. The predicted molar refractivity (Wildman–Crippen MR) is 74.5 cm³/mol. The number of ether oxygens (including phenoxy) is 1. The van der Waals surface area contributed by atoms with Crippen molar-refractivity contribution < 1.29 is 14.3 Å². The molecule has 1 aliphatic rings. The van der Waals surface area contributed by atoms with E-state index in [1.54, 1.807) is 24.1 Å². The van der Waals surface area contributed by atoms with E-state index in [0.29, 0.717) is 43.1 Å². The first-order valence-corrected chi connectivity index (χ1v) is 7.06. The van der Waals surface area contributed by atoms with Crippen LogP contribution in [0.2, 0.25) is 5.02 Å². The third kappa shape index (κ3) is 3.28. The van der Waals surface area contributed by atoms with E-state index in [0.717, 1.165) is 0 Å². The van der Waals surface area contributed by atoms with Crippen molar-refractivity contribution in [3.05, 3.63) is 29.0 Å². The summed E-state index contributed by atoms with van der Waals surface area (Å²) in [5, 5.41) is 0.400. The Bertz CT molecular complexity index is 499. The average Bonchev–Trinajstić information content (AvgIpc) is 2.47. The summed E-state index contributed by atoms with van der Waals surface area (Å²) in [6.45, 7) is 3.26. The minimum absolute atomic E-state index is 0.108. The van der Waals surface area contributed by atoms with Crippen LogP contribution in [0.25, 0.3) is 0 Å². The number of halogens is 1. The zero-order chi connectivity index (χ0) is 14.5. The molecule has 108 valence electrons. The first kappa shape index (κ1) is 14.8. The molecule has 0 radical (unpaired) electrons. The van der Waals surface area contributed by atoms with Crippen LogP contribution < -0.4 is 0 Å². The maximum atomic E-state index is 12.3. The van der Waals surface area contributed by atoms with E-state index in [1.165, 1.54) is 6.20 Å². The van der Waals surface area contributed by atoms with Gasteiger partial charge in [-0.05, 0) is 25.8 Å². The van der Waals surface area contributed by atoms with Crippen molar-refractivity contribution in [3.8, 4) is 0 Å². The van der Waals surface area contributed by atoms with Gasteiger partial charge >= 0.3 is 5.97 Å². The number of carbonyl (C=O) groups is 2. The highest BCUT2D eigenvalue weighted by atomic mass is 35.5. The maximum Gasteiger partial charge on any atom is 0.309 e. The molecular weight excluding hydrogens is 280 g/mol. The van der Waals surface area contributed by atoms with Crippen molar-refractivity contribution in [1.29, 1.82) is 0 Å². The van der Waals surface area contributed by atoms with E-state index in [-0.39, 0.29) is 17.8 Å². The molecule has 0 atom stereocenters. The van der Waals surface area contributed by atoms with Gasteiger partial charge in [-0.25, -0.2) is 0 Å². The molecule has 0 spiro atoms. The number of likely N-dealkylation sites (tertiary alicyclic amines) is 1. The second-order valence-electron chi connectivity index (χ2n) is 4.67. The highest BCUT2D eigenvalue weighted by Crippen LogP contribution is 2.22. The molecule has 2 rings (SSSR count). The van der Waals surface area contributed by atoms with Gasteiger partial charge in [0.1, 0.15) is 0 Å². The lowest BCUT2D eigenvalue weighted by molar-refractivity contribution is -0.149. The van der Waals surface area contributed by atoms with E-state index >= 15 is 0 Å². The van der Waals surface area contributed by atoms with Crippen molar-refractivity contribution in [2.75, 3.05) is 19.7 Å². The van der Waals surface area contributed by atoms with Gasteiger partial charge in [0.25, 0.3) is 5.91 Å². The normalized spacial score (nSPS) is 16.0. The molecule has 0 aromatic carbocycles. The molecule has 0 unspecified atom stereocenters. The molecule has 1 saturated heterocycles. The van der Waals surface area contributed by atoms with Crippen LogP contribution in [-0.4, -0.2) is 41.5 Å². The summed E-state index contributed by atoms with van der Waals surface area (Å²) in [6.07, 6.45) is 4.28. The van der Waals surface area contributed by atoms with Gasteiger partial charge in [0.2, 0.25) is 0 Å². The number of rotatable bonds is 3. The molecule has 1 aromatic rings. The Morgan fingerprint density at radius 3 is 2.75 bits per heavy atom. The Morgan fingerprint density at radius 1 is 1.45 bits per heavy atom. The monoisotopic (exact) mass is 296 g/mol. The fraction of sp³-hybridized carbons (Fsp3) is 0.500. The molecule has 0 saturated carbocycles. The largest absolute Gasteiger partial charge is 0.466 e. The summed E-state index contributed by atoms with van der Waals surface area (Å²) in [5.74, 6) is -0.409. The quantitative estimate of drug-likeness (QED) is 0.802. The van der Waals surface area contributed by atoms with Crippen molar-refractivity contribution in [1.82, 2.24) is 9.88 Å². The van der Waals surface area contributed by atoms with Crippen molar-refractivity contribution >= 4 is 23.5 Å². The van der Waals surface area contributed by atoms with Gasteiger partial charge in [0.05, 0.1) is 23.1 Å². The standard InChI is InChI=1S/C14H17ClN2O3/c1-2-20-14(19)10-4-7-17(8-5-10)13(18)11-9-16-6-3-12(11)15/h3,6,9-10H,2,4-5,7-8H2,1H3. The van der Waals surface area contributed by atoms with E-state index in [4.69, 9.17) is 16.3 Å². The van der Waals surface area contributed by atoms with Crippen LogP contribution in [0.3, 0.4) is 0 Å². The number of amides is 1. The minimum Gasteiger partial charge on any atom is -0.466 e. The highest BCUT2D eigenvalue weighted by Gasteiger charge is 2.29. The summed E-state index contributed by atoms with van der Waals surface area (Å²) in [7, 11) is 0. The average molecular weight is 297 g/mol. The maximum absolute atomic E-state index is 12.3.